The van der Waals surface area contributed by atoms with Crippen molar-refractivity contribution in [2.75, 3.05) is 50.9 Å². The summed E-state index contributed by atoms with van der Waals surface area (Å²) in [5.41, 5.74) is -1.11. The molecule has 192 valence electrons. The number of aromatic amines is 1. The summed E-state index contributed by atoms with van der Waals surface area (Å²) in [6.07, 6.45) is 2.09. The van der Waals surface area contributed by atoms with Gasteiger partial charge < -0.3 is 19.5 Å². The molecule has 0 spiro atoms. The number of aromatic nitrogens is 4. The van der Waals surface area contributed by atoms with Crippen molar-refractivity contribution in [3.63, 3.8) is 0 Å². The van der Waals surface area contributed by atoms with E-state index in [0.29, 0.717) is 45.1 Å². The molecule has 0 aliphatic carbocycles. The fraction of sp³-hybridized carbons (Fsp3) is 0.542. The van der Waals surface area contributed by atoms with Gasteiger partial charge in [-0.2, -0.15) is 9.97 Å². The van der Waals surface area contributed by atoms with Crippen molar-refractivity contribution in [1.29, 1.82) is 0 Å². The van der Waals surface area contributed by atoms with E-state index < -0.39 is 17.5 Å². The third-order valence-electron chi connectivity index (χ3n) is 7.45. The Morgan fingerprint density at radius 1 is 1.22 bits per heavy atom. The molecule has 3 fully saturated rings. The first-order valence-corrected chi connectivity index (χ1v) is 12.3. The number of anilines is 1. The molecule has 2 atom stereocenters. The lowest BCUT2D eigenvalue weighted by molar-refractivity contribution is 0.107. The Bertz CT molecular complexity index is 1320. The number of hydrogen-bond acceptors (Lipinski definition) is 8. The summed E-state index contributed by atoms with van der Waals surface area (Å²) in [5, 5.41) is 13.3. The SMILES string of the molecule is O=c1c2c(N3CCCOCC3)nc(OC[C@@]34CCCN3C[C@H](F)C4)nc2[nH]n1-c1c(O)cccc1F. The smallest absolute Gasteiger partial charge is 0.320 e. The van der Waals surface area contributed by atoms with Crippen LogP contribution in [-0.2, 0) is 4.74 Å². The van der Waals surface area contributed by atoms with Gasteiger partial charge in [0.1, 0.15) is 29.6 Å². The number of fused-ring (bicyclic) bond motifs is 2. The molecule has 3 aliphatic rings. The summed E-state index contributed by atoms with van der Waals surface area (Å²) in [7, 11) is 0. The average Bonchev–Trinajstić information content (AvgIpc) is 3.38. The maximum absolute atomic E-state index is 14.6. The maximum atomic E-state index is 14.6. The van der Waals surface area contributed by atoms with Crippen molar-refractivity contribution in [2.24, 2.45) is 0 Å². The Balaban J connectivity index is 1.43. The second-order valence-corrected chi connectivity index (χ2v) is 9.73. The number of hydrogen-bond donors (Lipinski definition) is 2. The highest BCUT2D eigenvalue weighted by Crippen LogP contribution is 2.40. The van der Waals surface area contributed by atoms with Crippen molar-refractivity contribution in [3.8, 4) is 17.4 Å². The molecule has 12 heteroatoms. The van der Waals surface area contributed by atoms with E-state index in [1.54, 1.807) is 0 Å². The van der Waals surface area contributed by atoms with Gasteiger partial charge in [-0.25, -0.2) is 13.5 Å². The topological polar surface area (TPSA) is 109 Å². The van der Waals surface area contributed by atoms with E-state index in [2.05, 4.69) is 20.0 Å². The minimum absolute atomic E-state index is 0.0531. The van der Waals surface area contributed by atoms with Gasteiger partial charge >= 0.3 is 6.01 Å². The lowest BCUT2D eigenvalue weighted by atomic mass is 9.95. The number of nitrogens with zero attached hydrogens (tertiary/aromatic N) is 5. The number of phenols is 1. The van der Waals surface area contributed by atoms with Crippen LogP contribution in [0.5, 0.6) is 11.8 Å². The molecule has 0 radical (unpaired) electrons. The number of phenolic OH excluding ortho intramolecular Hbond substituents is 1. The van der Waals surface area contributed by atoms with Crippen LogP contribution >= 0.6 is 0 Å². The molecular weight excluding hydrogens is 474 g/mol. The maximum Gasteiger partial charge on any atom is 0.320 e. The second-order valence-electron chi connectivity index (χ2n) is 9.73. The van der Waals surface area contributed by atoms with Crippen molar-refractivity contribution < 1.29 is 23.4 Å². The molecule has 2 N–H and O–H groups in total. The van der Waals surface area contributed by atoms with Gasteiger partial charge in [-0.3, -0.25) is 14.8 Å². The van der Waals surface area contributed by atoms with E-state index in [0.717, 1.165) is 36.6 Å². The molecule has 36 heavy (non-hydrogen) atoms. The van der Waals surface area contributed by atoms with Crippen LogP contribution in [0.2, 0.25) is 0 Å². The monoisotopic (exact) mass is 502 g/mol. The van der Waals surface area contributed by atoms with Crippen LogP contribution in [0.4, 0.5) is 14.6 Å². The number of aromatic hydroxyl groups is 1. The summed E-state index contributed by atoms with van der Waals surface area (Å²) >= 11 is 0. The van der Waals surface area contributed by atoms with Gasteiger partial charge in [0.15, 0.2) is 17.3 Å². The Hall–Kier alpha value is -3.25. The third kappa shape index (κ3) is 3.88. The minimum Gasteiger partial charge on any atom is -0.506 e. The molecule has 3 saturated heterocycles. The van der Waals surface area contributed by atoms with Crippen LogP contribution in [-0.4, -0.2) is 87.5 Å². The summed E-state index contributed by atoms with van der Waals surface area (Å²) in [4.78, 5) is 26.6. The van der Waals surface area contributed by atoms with Crippen molar-refractivity contribution in [2.45, 2.75) is 37.4 Å². The van der Waals surface area contributed by atoms with Gasteiger partial charge in [0.05, 0.1) is 12.1 Å². The summed E-state index contributed by atoms with van der Waals surface area (Å²) in [6.45, 7) is 3.64. The van der Waals surface area contributed by atoms with Gasteiger partial charge in [-0.15, -0.1) is 0 Å². The number of para-hydroxylation sites is 1. The number of nitrogens with one attached hydrogen (secondary N) is 1. The largest absolute Gasteiger partial charge is 0.506 e. The van der Waals surface area contributed by atoms with E-state index in [1.165, 1.54) is 12.1 Å². The van der Waals surface area contributed by atoms with Crippen molar-refractivity contribution in [1.82, 2.24) is 24.6 Å². The number of alkyl halides is 1. The lowest BCUT2D eigenvalue weighted by Gasteiger charge is -2.31. The first-order chi connectivity index (χ1) is 17.4. The van der Waals surface area contributed by atoms with Gasteiger partial charge in [0.25, 0.3) is 5.56 Å². The Kier molecular flexibility index (Phi) is 5.79. The van der Waals surface area contributed by atoms with E-state index in [-0.39, 0.29) is 40.6 Å². The minimum atomic E-state index is -0.885. The van der Waals surface area contributed by atoms with E-state index >= 15 is 0 Å². The summed E-state index contributed by atoms with van der Waals surface area (Å²) in [5.74, 6) is -0.799. The van der Waals surface area contributed by atoms with Gasteiger partial charge in [-0.1, -0.05) is 6.07 Å². The van der Waals surface area contributed by atoms with Crippen molar-refractivity contribution in [3.05, 3.63) is 34.4 Å². The molecule has 5 heterocycles. The Morgan fingerprint density at radius 3 is 2.97 bits per heavy atom. The van der Waals surface area contributed by atoms with Gasteiger partial charge in [0.2, 0.25) is 0 Å². The highest BCUT2D eigenvalue weighted by atomic mass is 19.1. The second kappa shape index (κ2) is 9.00. The molecule has 0 amide bonds. The summed E-state index contributed by atoms with van der Waals surface area (Å²) < 4.78 is 41.4. The molecule has 2 aromatic heterocycles. The van der Waals surface area contributed by atoms with Crippen LogP contribution in [0.1, 0.15) is 25.7 Å². The molecule has 3 aliphatic heterocycles. The standard InChI is InChI=1S/C24H28F2N6O4/c25-15-12-24(6-2-8-31(24)13-15)14-36-23-27-20-18(21(28-23)30-7-3-10-35-11-9-30)22(34)32(29-20)19-16(26)4-1-5-17(19)33/h1,4-5,15,33H,2-3,6-14H2,(H,27,28,29)/t15-,24+/m1/s1. The lowest BCUT2D eigenvalue weighted by Crippen LogP contribution is -2.43. The van der Waals surface area contributed by atoms with Gasteiger partial charge in [-0.05, 0) is 37.9 Å². The van der Waals surface area contributed by atoms with E-state index in [1.807, 2.05) is 4.90 Å². The zero-order valence-electron chi connectivity index (χ0n) is 19.8. The van der Waals surface area contributed by atoms with Crippen LogP contribution < -0.4 is 15.2 Å². The fourth-order valence-electron chi connectivity index (χ4n) is 5.76. The van der Waals surface area contributed by atoms with Crippen LogP contribution in [0, 0.1) is 5.82 Å². The molecule has 10 nitrogen and oxygen atoms in total. The molecule has 0 unspecified atom stereocenters. The first kappa shape index (κ1) is 23.2. The third-order valence-corrected chi connectivity index (χ3v) is 7.45. The number of benzene rings is 1. The Labute approximate surface area is 205 Å². The predicted octanol–water partition coefficient (Wildman–Crippen LogP) is 2.14. The normalized spacial score (nSPS) is 24.8. The Morgan fingerprint density at radius 2 is 2.11 bits per heavy atom. The predicted molar refractivity (Wildman–Crippen MR) is 127 cm³/mol. The molecule has 0 bridgehead atoms. The average molecular weight is 503 g/mol. The molecular formula is C24H28F2N6O4. The van der Waals surface area contributed by atoms with Crippen molar-refractivity contribution >= 4 is 16.9 Å². The number of ether oxygens (including phenoxy) is 2. The molecule has 6 rings (SSSR count). The fourth-order valence-corrected chi connectivity index (χ4v) is 5.76. The quantitative estimate of drug-likeness (QED) is 0.547. The molecule has 1 aromatic carbocycles. The van der Waals surface area contributed by atoms with Gasteiger partial charge in [0, 0.05) is 32.7 Å². The zero-order chi connectivity index (χ0) is 24.9. The zero-order valence-corrected chi connectivity index (χ0v) is 19.8. The highest BCUT2D eigenvalue weighted by molar-refractivity contribution is 5.87. The van der Waals surface area contributed by atoms with Crippen LogP contribution in [0.3, 0.4) is 0 Å². The highest BCUT2D eigenvalue weighted by Gasteiger charge is 2.49. The van der Waals surface area contributed by atoms with E-state index in [4.69, 9.17) is 9.47 Å². The van der Waals surface area contributed by atoms with Crippen LogP contribution in [0.15, 0.2) is 23.0 Å². The van der Waals surface area contributed by atoms with E-state index in [9.17, 15) is 18.7 Å². The molecule has 0 saturated carbocycles. The van der Waals surface area contributed by atoms with Crippen LogP contribution in [0.25, 0.3) is 16.7 Å². The summed E-state index contributed by atoms with van der Waals surface area (Å²) in [6, 6.07) is 3.87. The number of H-pyrrole nitrogens is 1. The molecule has 3 aromatic rings. The first-order valence-electron chi connectivity index (χ1n) is 12.3. The number of rotatable bonds is 5. The number of halogens is 2.